The standard InChI is InChI=1S/C19H22N2O4S/c22-17(7-3-1-2-5-16-6-4-12-26-16)21-15-10-8-14(9-11-15)19(25)20-13-18(23)24/h4,6,8-12H,1-3,5,7,13H2,(H,20,25)(H,21,22)(H,23,24). The van der Waals surface area contributed by atoms with Gasteiger partial charge in [0.2, 0.25) is 5.91 Å². The van der Waals surface area contributed by atoms with Gasteiger partial charge < -0.3 is 15.7 Å². The molecule has 0 saturated carbocycles. The van der Waals surface area contributed by atoms with Crippen LogP contribution in [0.5, 0.6) is 0 Å². The van der Waals surface area contributed by atoms with Gasteiger partial charge in [0.25, 0.3) is 5.91 Å². The van der Waals surface area contributed by atoms with Crippen molar-refractivity contribution in [1.29, 1.82) is 0 Å². The Morgan fingerprint density at radius 3 is 2.42 bits per heavy atom. The van der Waals surface area contributed by atoms with Crippen LogP contribution in [0.15, 0.2) is 41.8 Å². The molecule has 6 nitrogen and oxygen atoms in total. The molecule has 138 valence electrons. The summed E-state index contributed by atoms with van der Waals surface area (Å²) < 4.78 is 0. The number of carbonyl (C=O) groups is 3. The fraction of sp³-hybridized carbons (Fsp3) is 0.316. The zero-order chi connectivity index (χ0) is 18.8. The molecule has 0 radical (unpaired) electrons. The number of aryl methyl sites for hydroxylation is 1. The Morgan fingerprint density at radius 2 is 1.77 bits per heavy atom. The molecule has 3 N–H and O–H groups in total. The number of hydrogen-bond acceptors (Lipinski definition) is 4. The van der Waals surface area contributed by atoms with Crippen LogP contribution in [0.2, 0.25) is 0 Å². The van der Waals surface area contributed by atoms with E-state index in [1.165, 1.54) is 4.88 Å². The molecule has 7 heteroatoms. The third-order valence-electron chi connectivity index (χ3n) is 3.74. The molecular weight excluding hydrogens is 352 g/mol. The number of hydrogen-bond donors (Lipinski definition) is 3. The first-order chi connectivity index (χ1) is 12.5. The minimum Gasteiger partial charge on any atom is -0.480 e. The Kier molecular flexibility index (Phi) is 7.82. The topological polar surface area (TPSA) is 95.5 Å². The molecule has 0 aliphatic rings. The molecule has 26 heavy (non-hydrogen) atoms. The Bertz CT molecular complexity index is 727. The summed E-state index contributed by atoms with van der Waals surface area (Å²) in [6.45, 7) is -0.427. The lowest BCUT2D eigenvalue weighted by Gasteiger charge is -2.07. The molecule has 0 fully saturated rings. The highest BCUT2D eigenvalue weighted by molar-refractivity contribution is 7.09. The van der Waals surface area contributed by atoms with Crippen molar-refractivity contribution in [2.45, 2.75) is 32.1 Å². The molecule has 0 saturated heterocycles. The van der Waals surface area contributed by atoms with Gasteiger partial charge in [-0.1, -0.05) is 12.5 Å². The summed E-state index contributed by atoms with van der Waals surface area (Å²) in [7, 11) is 0. The SMILES string of the molecule is O=C(O)CNC(=O)c1ccc(NC(=O)CCCCCc2cccs2)cc1. The maximum atomic E-state index is 11.9. The van der Waals surface area contributed by atoms with Crippen molar-refractivity contribution in [1.82, 2.24) is 5.32 Å². The fourth-order valence-corrected chi connectivity index (χ4v) is 3.15. The third-order valence-corrected chi connectivity index (χ3v) is 4.67. The minimum atomic E-state index is -1.10. The Morgan fingerprint density at radius 1 is 1.00 bits per heavy atom. The van der Waals surface area contributed by atoms with Crippen LogP contribution in [0.4, 0.5) is 5.69 Å². The first kappa shape index (κ1) is 19.7. The molecule has 1 aromatic heterocycles. The monoisotopic (exact) mass is 374 g/mol. The molecule has 0 unspecified atom stereocenters. The van der Waals surface area contributed by atoms with Crippen LogP contribution >= 0.6 is 11.3 Å². The highest BCUT2D eigenvalue weighted by Crippen LogP contribution is 2.14. The molecule has 0 bridgehead atoms. The lowest BCUT2D eigenvalue weighted by molar-refractivity contribution is -0.135. The number of carboxylic acids is 1. The van der Waals surface area contributed by atoms with E-state index in [0.29, 0.717) is 17.7 Å². The van der Waals surface area contributed by atoms with Crippen molar-refractivity contribution in [3.05, 3.63) is 52.2 Å². The quantitative estimate of drug-likeness (QED) is 0.556. The molecule has 0 atom stereocenters. The number of thiophene rings is 1. The van der Waals surface area contributed by atoms with Crippen LogP contribution < -0.4 is 10.6 Å². The van der Waals surface area contributed by atoms with Gasteiger partial charge in [0, 0.05) is 22.5 Å². The number of aliphatic carboxylic acids is 1. The maximum absolute atomic E-state index is 11.9. The number of nitrogens with one attached hydrogen (secondary N) is 2. The number of amides is 2. The predicted octanol–water partition coefficient (Wildman–Crippen LogP) is 3.30. The lowest BCUT2D eigenvalue weighted by atomic mass is 10.1. The van der Waals surface area contributed by atoms with Crippen LogP contribution in [0.25, 0.3) is 0 Å². The largest absolute Gasteiger partial charge is 0.480 e. The summed E-state index contributed by atoms with van der Waals surface area (Å²) in [5, 5.41) is 15.7. The van der Waals surface area contributed by atoms with E-state index in [4.69, 9.17) is 5.11 Å². The lowest BCUT2D eigenvalue weighted by Crippen LogP contribution is -2.29. The van der Waals surface area contributed by atoms with Gasteiger partial charge >= 0.3 is 5.97 Å². The molecule has 2 aromatic rings. The van der Waals surface area contributed by atoms with Gasteiger partial charge in [0.15, 0.2) is 0 Å². The van der Waals surface area contributed by atoms with Crippen LogP contribution in [0, 0.1) is 0 Å². The number of benzene rings is 1. The average Bonchev–Trinajstić information content (AvgIpc) is 3.13. The van der Waals surface area contributed by atoms with E-state index in [1.807, 2.05) is 0 Å². The van der Waals surface area contributed by atoms with Crippen molar-refractivity contribution in [2.24, 2.45) is 0 Å². The minimum absolute atomic E-state index is 0.0517. The van der Waals surface area contributed by atoms with Gasteiger partial charge in [-0.25, -0.2) is 0 Å². The number of carbonyl (C=O) groups excluding carboxylic acids is 2. The maximum Gasteiger partial charge on any atom is 0.322 e. The summed E-state index contributed by atoms with van der Waals surface area (Å²) in [5.74, 6) is -1.61. The van der Waals surface area contributed by atoms with Crippen LogP contribution in [0.3, 0.4) is 0 Å². The van der Waals surface area contributed by atoms with Crippen LogP contribution in [-0.4, -0.2) is 29.4 Å². The third kappa shape index (κ3) is 7.06. The highest BCUT2D eigenvalue weighted by Gasteiger charge is 2.08. The summed E-state index contributed by atoms with van der Waals surface area (Å²) in [5.41, 5.74) is 0.959. The van der Waals surface area contributed by atoms with Gasteiger partial charge in [-0.15, -0.1) is 11.3 Å². The van der Waals surface area contributed by atoms with Gasteiger partial charge in [-0.3, -0.25) is 14.4 Å². The van der Waals surface area contributed by atoms with E-state index >= 15 is 0 Å². The number of carboxylic acid groups (broad SMARTS) is 1. The number of unbranched alkanes of at least 4 members (excludes halogenated alkanes) is 2. The second-order valence-electron chi connectivity index (χ2n) is 5.84. The van der Waals surface area contributed by atoms with E-state index in [1.54, 1.807) is 35.6 Å². The van der Waals surface area contributed by atoms with Gasteiger partial charge in [0.05, 0.1) is 0 Å². The van der Waals surface area contributed by atoms with Crippen LogP contribution in [-0.2, 0) is 16.0 Å². The molecule has 2 amide bonds. The fourth-order valence-electron chi connectivity index (χ4n) is 2.40. The van der Waals surface area contributed by atoms with E-state index in [9.17, 15) is 14.4 Å². The molecule has 0 aliphatic heterocycles. The zero-order valence-electron chi connectivity index (χ0n) is 14.4. The van der Waals surface area contributed by atoms with E-state index in [-0.39, 0.29) is 5.91 Å². The summed E-state index contributed by atoms with van der Waals surface area (Å²) >= 11 is 1.76. The van der Waals surface area contributed by atoms with Crippen LogP contribution in [0.1, 0.15) is 40.9 Å². The van der Waals surface area contributed by atoms with Crippen molar-refractivity contribution in [3.8, 4) is 0 Å². The van der Waals surface area contributed by atoms with E-state index in [2.05, 4.69) is 28.1 Å². The van der Waals surface area contributed by atoms with Crippen molar-refractivity contribution >= 4 is 34.8 Å². The summed E-state index contributed by atoms with van der Waals surface area (Å²) in [4.78, 5) is 35.5. The molecule has 0 spiro atoms. The molecular formula is C19H22N2O4S. The normalized spacial score (nSPS) is 10.3. The number of anilines is 1. The molecule has 0 aliphatic carbocycles. The first-order valence-corrected chi connectivity index (χ1v) is 9.35. The Hall–Kier alpha value is -2.67. The first-order valence-electron chi connectivity index (χ1n) is 8.47. The van der Waals surface area contributed by atoms with Crippen molar-refractivity contribution in [3.63, 3.8) is 0 Å². The second-order valence-corrected chi connectivity index (χ2v) is 6.87. The van der Waals surface area contributed by atoms with Gasteiger partial charge in [0.1, 0.15) is 6.54 Å². The molecule has 1 aromatic carbocycles. The van der Waals surface area contributed by atoms with Crippen molar-refractivity contribution < 1.29 is 19.5 Å². The molecule has 2 rings (SSSR count). The highest BCUT2D eigenvalue weighted by atomic mass is 32.1. The van der Waals surface area contributed by atoms with E-state index in [0.717, 1.165) is 25.7 Å². The average molecular weight is 374 g/mol. The predicted molar refractivity (Wildman–Crippen MR) is 102 cm³/mol. The van der Waals surface area contributed by atoms with Crippen molar-refractivity contribution in [2.75, 3.05) is 11.9 Å². The summed E-state index contributed by atoms with van der Waals surface area (Å²) in [6.07, 6.45) is 4.45. The summed E-state index contributed by atoms with van der Waals surface area (Å²) in [6, 6.07) is 10.5. The smallest absolute Gasteiger partial charge is 0.322 e. The van der Waals surface area contributed by atoms with Gasteiger partial charge in [-0.2, -0.15) is 0 Å². The Labute approximate surface area is 156 Å². The number of rotatable bonds is 10. The molecule has 1 heterocycles. The Balaban J connectivity index is 1.66. The van der Waals surface area contributed by atoms with Gasteiger partial charge in [-0.05, 0) is 55.0 Å². The zero-order valence-corrected chi connectivity index (χ0v) is 15.2. The van der Waals surface area contributed by atoms with E-state index < -0.39 is 18.4 Å². The second kappa shape index (κ2) is 10.4.